The predicted octanol–water partition coefficient (Wildman–Crippen LogP) is 3.39. The number of likely N-dealkylation sites (N-methyl/N-ethyl adjacent to an activating group) is 1. The molecule has 0 aliphatic carbocycles. The van der Waals surface area contributed by atoms with E-state index in [1.807, 2.05) is 81.1 Å². The number of aryl methyl sites for hydroxylation is 1. The zero-order chi connectivity index (χ0) is 21.4. The Bertz CT molecular complexity index is 852. The summed E-state index contributed by atoms with van der Waals surface area (Å²) < 4.78 is 2.02. The van der Waals surface area contributed by atoms with Gasteiger partial charge in [-0.3, -0.25) is 4.79 Å². The lowest BCUT2D eigenvalue weighted by atomic mass is 10.2. The Labute approximate surface area is 201 Å². The lowest BCUT2D eigenvalue weighted by Crippen LogP contribution is -2.38. The summed E-state index contributed by atoms with van der Waals surface area (Å²) in [5.74, 6) is 0.775. The van der Waals surface area contributed by atoms with Crippen LogP contribution in [0.15, 0.2) is 41.5 Å². The van der Waals surface area contributed by atoms with Gasteiger partial charge >= 0.3 is 0 Å². The van der Waals surface area contributed by atoms with E-state index in [0.717, 1.165) is 34.5 Å². The molecule has 30 heavy (non-hydrogen) atoms. The third-order valence-electron chi connectivity index (χ3n) is 4.25. The van der Waals surface area contributed by atoms with Crippen molar-refractivity contribution in [2.45, 2.75) is 20.0 Å². The molecule has 0 spiro atoms. The van der Waals surface area contributed by atoms with Crippen molar-refractivity contribution < 1.29 is 4.79 Å². The van der Waals surface area contributed by atoms with E-state index in [9.17, 15) is 4.79 Å². The molecule has 7 nitrogen and oxygen atoms in total. The van der Waals surface area contributed by atoms with Crippen molar-refractivity contribution in [3.63, 3.8) is 0 Å². The number of carbonyl (C=O) groups is 1. The average molecular weight is 547 g/mol. The maximum Gasteiger partial charge on any atom is 0.238 e. The number of hydrogen-bond donors (Lipinski definition) is 2. The number of benzene rings is 1. The molecule has 9 heteroatoms. The number of nitrogens with zero attached hydrogens (tertiary/aromatic N) is 4. The maximum absolute atomic E-state index is 12.0. The highest BCUT2D eigenvalue weighted by Crippen LogP contribution is 2.15. The monoisotopic (exact) mass is 546 g/mol. The summed E-state index contributed by atoms with van der Waals surface area (Å²) in [4.78, 5) is 20.6. The van der Waals surface area contributed by atoms with E-state index in [-0.39, 0.29) is 29.9 Å². The molecule has 0 atom stereocenters. The number of rotatable bonds is 8. The number of hydrogen-bond acceptors (Lipinski definition) is 3. The van der Waals surface area contributed by atoms with Crippen LogP contribution in [-0.4, -0.2) is 60.5 Å². The van der Waals surface area contributed by atoms with Gasteiger partial charge in [0.15, 0.2) is 5.96 Å². The van der Waals surface area contributed by atoms with Crippen molar-refractivity contribution >= 4 is 53.1 Å². The molecule has 1 aromatic heterocycles. The molecule has 2 rings (SSSR count). The van der Waals surface area contributed by atoms with E-state index in [0.29, 0.717) is 19.6 Å². The van der Waals surface area contributed by atoms with Crippen LogP contribution in [0.5, 0.6) is 0 Å². The first-order valence-electron chi connectivity index (χ1n) is 9.62. The molecule has 166 valence electrons. The zero-order valence-electron chi connectivity index (χ0n) is 18.3. The molecule has 0 bridgehead atoms. The minimum atomic E-state index is -0.0371. The van der Waals surface area contributed by atoms with Gasteiger partial charge in [0.05, 0.1) is 24.7 Å². The fourth-order valence-electron chi connectivity index (χ4n) is 2.91. The molecular weight excluding hydrogens is 515 g/mol. The van der Waals surface area contributed by atoms with Crippen LogP contribution < -0.4 is 10.6 Å². The van der Waals surface area contributed by atoms with E-state index in [4.69, 9.17) is 16.6 Å². The Morgan fingerprint density at radius 3 is 2.57 bits per heavy atom. The molecule has 2 aromatic rings. The van der Waals surface area contributed by atoms with Crippen LogP contribution in [0.4, 0.5) is 5.69 Å². The van der Waals surface area contributed by atoms with E-state index in [2.05, 4.69) is 15.5 Å². The fourth-order valence-corrected chi connectivity index (χ4v) is 3.18. The molecule has 0 aliphatic heterocycles. The smallest absolute Gasteiger partial charge is 0.238 e. The van der Waals surface area contributed by atoms with Crippen LogP contribution in [0.3, 0.4) is 0 Å². The number of carbonyl (C=O) groups excluding carboxylic acids is 1. The van der Waals surface area contributed by atoms with Gasteiger partial charge in [-0.1, -0.05) is 23.7 Å². The van der Waals surface area contributed by atoms with Crippen LogP contribution in [0.1, 0.15) is 18.2 Å². The zero-order valence-corrected chi connectivity index (χ0v) is 21.4. The van der Waals surface area contributed by atoms with Crippen LogP contribution in [0.2, 0.25) is 5.02 Å². The number of guanidine groups is 1. The van der Waals surface area contributed by atoms with Gasteiger partial charge in [-0.2, -0.15) is 0 Å². The first-order chi connectivity index (χ1) is 13.8. The molecule has 0 radical (unpaired) electrons. The Balaban J connectivity index is 0.00000450. The molecule has 0 saturated heterocycles. The van der Waals surface area contributed by atoms with Crippen LogP contribution in [0, 0.1) is 0 Å². The van der Waals surface area contributed by atoms with Gasteiger partial charge < -0.3 is 25.0 Å². The number of halogens is 2. The minimum absolute atomic E-state index is 0. The number of amides is 1. The van der Waals surface area contributed by atoms with Crippen molar-refractivity contribution in [2.75, 3.05) is 39.5 Å². The largest absolute Gasteiger partial charge is 0.357 e. The van der Waals surface area contributed by atoms with E-state index in [1.165, 1.54) is 0 Å². The average Bonchev–Trinajstić information content (AvgIpc) is 2.95. The Hall–Kier alpha value is -1.78. The number of aromatic nitrogens is 1. The van der Waals surface area contributed by atoms with Gasteiger partial charge in [0, 0.05) is 38.2 Å². The molecule has 1 amide bonds. The van der Waals surface area contributed by atoms with Crippen molar-refractivity contribution in [3.8, 4) is 0 Å². The molecule has 0 fully saturated rings. The summed E-state index contributed by atoms with van der Waals surface area (Å²) >= 11 is 6.09. The molecule has 0 saturated carbocycles. The lowest BCUT2D eigenvalue weighted by molar-refractivity contribution is -0.116. The fraction of sp³-hybridized carbons (Fsp3) is 0.429. The van der Waals surface area contributed by atoms with Crippen LogP contribution in [-0.2, 0) is 24.9 Å². The number of anilines is 1. The molecule has 1 aromatic carbocycles. The molecule has 1 heterocycles. The van der Waals surface area contributed by atoms with Crippen molar-refractivity contribution in [3.05, 3.63) is 52.8 Å². The summed E-state index contributed by atoms with van der Waals surface area (Å²) in [6, 6.07) is 9.74. The summed E-state index contributed by atoms with van der Waals surface area (Å²) in [6.45, 7) is 4.37. The number of nitrogens with one attached hydrogen (secondary N) is 2. The quantitative estimate of drug-likeness (QED) is 0.303. The Morgan fingerprint density at radius 1 is 1.23 bits per heavy atom. The third-order valence-corrected chi connectivity index (χ3v) is 4.46. The second-order valence-electron chi connectivity index (χ2n) is 7.27. The number of aliphatic imine (C=N–C) groups is 1. The molecule has 0 aliphatic rings. The molecular formula is C21H32ClIN6O. The summed E-state index contributed by atoms with van der Waals surface area (Å²) in [7, 11) is 7.72. The molecule has 2 N–H and O–H groups in total. The van der Waals surface area contributed by atoms with Crippen molar-refractivity contribution in [1.82, 2.24) is 19.7 Å². The van der Waals surface area contributed by atoms with Crippen LogP contribution >= 0.6 is 35.6 Å². The Kier molecular flexibility index (Phi) is 11.2. The molecule has 0 unspecified atom stereocenters. The van der Waals surface area contributed by atoms with E-state index < -0.39 is 0 Å². The standard InChI is InChI=1S/C21H31ClN6O.HI/c1-6-23-21(28(5)14-19-11-17(22)13-27(19)4)24-12-16-8-7-9-18(10-16)25-20(29)15-26(2)3;/h7-11,13H,6,12,14-15H2,1-5H3,(H,23,24)(H,25,29);1H. The second-order valence-corrected chi connectivity index (χ2v) is 7.71. The minimum Gasteiger partial charge on any atom is -0.357 e. The highest BCUT2D eigenvalue weighted by atomic mass is 127. The normalized spacial score (nSPS) is 11.2. The Morgan fingerprint density at radius 2 is 1.97 bits per heavy atom. The second kappa shape index (κ2) is 12.8. The predicted molar refractivity (Wildman–Crippen MR) is 136 cm³/mol. The highest BCUT2D eigenvalue weighted by molar-refractivity contribution is 14.0. The topological polar surface area (TPSA) is 64.9 Å². The van der Waals surface area contributed by atoms with E-state index >= 15 is 0 Å². The van der Waals surface area contributed by atoms with Gasteiger partial charge in [0.2, 0.25) is 5.91 Å². The van der Waals surface area contributed by atoms with Crippen molar-refractivity contribution in [2.24, 2.45) is 12.0 Å². The highest BCUT2D eigenvalue weighted by Gasteiger charge is 2.10. The van der Waals surface area contributed by atoms with Gasteiger partial charge in [-0.15, -0.1) is 24.0 Å². The SMILES string of the molecule is CCNC(=NCc1cccc(NC(=O)CN(C)C)c1)N(C)Cc1cc(Cl)cn1C.I. The van der Waals surface area contributed by atoms with Crippen LogP contribution in [0.25, 0.3) is 0 Å². The van der Waals surface area contributed by atoms with Gasteiger partial charge in [-0.05, 0) is 44.8 Å². The first kappa shape index (κ1) is 26.3. The summed E-state index contributed by atoms with van der Waals surface area (Å²) in [5.41, 5.74) is 2.91. The third kappa shape index (κ3) is 8.53. The summed E-state index contributed by atoms with van der Waals surface area (Å²) in [5, 5.41) is 6.97. The summed E-state index contributed by atoms with van der Waals surface area (Å²) in [6.07, 6.45) is 1.89. The van der Waals surface area contributed by atoms with E-state index in [1.54, 1.807) is 0 Å². The van der Waals surface area contributed by atoms with Gasteiger partial charge in [0.1, 0.15) is 0 Å². The van der Waals surface area contributed by atoms with Gasteiger partial charge in [-0.25, -0.2) is 4.99 Å². The first-order valence-corrected chi connectivity index (χ1v) is 10.00. The maximum atomic E-state index is 12.0. The van der Waals surface area contributed by atoms with Gasteiger partial charge in [0.25, 0.3) is 0 Å². The van der Waals surface area contributed by atoms with Crippen molar-refractivity contribution in [1.29, 1.82) is 0 Å². The lowest BCUT2D eigenvalue weighted by Gasteiger charge is -2.22.